The summed E-state index contributed by atoms with van der Waals surface area (Å²) < 4.78 is 5.30. The van der Waals surface area contributed by atoms with E-state index in [1.54, 1.807) is 7.11 Å². The first-order valence-electron chi connectivity index (χ1n) is 6.54. The van der Waals surface area contributed by atoms with Gasteiger partial charge in [-0.25, -0.2) is 0 Å². The van der Waals surface area contributed by atoms with Gasteiger partial charge in [0.15, 0.2) is 0 Å². The maximum absolute atomic E-state index is 10.5. The molecule has 0 bridgehead atoms. The molecule has 0 unspecified atom stereocenters. The molecule has 0 saturated heterocycles. The zero-order chi connectivity index (χ0) is 14.4. The molecule has 1 aromatic carbocycles. The maximum Gasteiger partial charge on any atom is 0.303 e. The number of hydrogen-bond donors (Lipinski definition) is 1. The Kier molecular flexibility index (Phi) is 5.67. The van der Waals surface area contributed by atoms with Gasteiger partial charge in [0.2, 0.25) is 0 Å². The van der Waals surface area contributed by atoms with Crippen LogP contribution in [0.4, 0.5) is 5.69 Å². The lowest BCUT2D eigenvalue weighted by atomic mass is 10.1. The second kappa shape index (κ2) is 7.02. The first kappa shape index (κ1) is 15.3. The number of benzene rings is 1. The van der Waals surface area contributed by atoms with Gasteiger partial charge < -0.3 is 14.7 Å². The fraction of sp³-hybridized carbons (Fsp3) is 0.533. The highest BCUT2D eigenvalue weighted by Crippen LogP contribution is 2.29. The summed E-state index contributed by atoms with van der Waals surface area (Å²) >= 11 is 0. The third-order valence-electron chi connectivity index (χ3n) is 3.47. The van der Waals surface area contributed by atoms with Crippen molar-refractivity contribution >= 4 is 11.7 Å². The third kappa shape index (κ3) is 4.16. The van der Waals surface area contributed by atoms with Crippen molar-refractivity contribution in [2.75, 3.05) is 25.6 Å². The molecule has 1 aromatic rings. The fourth-order valence-corrected chi connectivity index (χ4v) is 2.16. The van der Waals surface area contributed by atoms with E-state index in [9.17, 15) is 4.79 Å². The lowest BCUT2D eigenvalue weighted by Crippen LogP contribution is -2.20. The summed E-state index contributed by atoms with van der Waals surface area (Å²) in [6.45, 7) is 5.00. The van der Waals surface area contributed by atoms with Crippen molar-refractivity contribution in [3.05, 3.63) is 23.3 Å². The van der Waals surface area contributed by atoms with Crippen molar-refractivity contribution in [3.8, 4) is 5.75 Å². The van der Waals surface area contributed by atoms with E-state index in [-0.39, 0.29) is 6.42 Å². The van der Waals surface area contributed by atoms with Crippen molar-refractivity contribution in [2.45, 2.75) is 33.1 Å². The predicted octanol–water partition coefficient (Wildman–Crippen LogP) is 3.00. The molecule has 1 rings (SSSR count). The molecule has 0 fully saturated rings. The summed E-state index contributed by atoms with van der Waals surface area (Å²) in [6.07, 6.45) is 1.84. The molecule has 0 atom stereocenters. The topological polar surface area (TPSA) is 49.8 Å². The molecule has 0 aliphatic carbocycles. The van der Waals surface area contributed by atoms with Crippen LogP contribution in [-0.4, -0.2) is 31.8 Å². The van der Waals surface area contributed by atoms with Gasteiger partial charge in [-0.2, -0.15) is 0 Å². The number of nitrogens with zero attached hydrogens (tertiary/aromatic N) is 1. The van der Waals surface area contributed by atoms with Crippen molar-refractivity contribution in [1.82, 2.24) is 0 Å². The summed E-state index contributed by atoms with van der Waals surface area (Å²) in [6, 6.07) is 4.03. The molecule has 4 nitrogen and oxygen atoms in total. The number of hydrogen-bond acceptors (Lipinski definition) is 3. The van der Waals surface area contributed by atoms with E-state index in [1.165, 1.54) is 11.3 Å². The average molecular weight is 265 g/mol. The predicted molar refractivity (Wildman–Crippen MR) is 77.2 cm³/mol. The number of rotatable bonds is 7. The van der Waals surface area contributed by atoms with Crippen molar-refractivity contribution in [2.24, 2.45) is 0 Å². The Morgan fingerprint density at radius 1 is 1.26 bits per heavy atom. The number of carboxylic acid groups (broad SMARTS) is 1. The van der Waals surface area contributed by atoms with E-state index in [1.807, 2.05) is 13.1 Å². The van der Waals surface area contributed by atoms with Crippen LogP contribution in [0.25, 0.3) is 0 Å². The molecule has 0 aromatic heterocycles. The van der Waals surface area contributed by atoms with Crippen molar-refractivity contribution in [1.29, 1.82) is 0 Å². The molecule has 0 amide bonds. The Hall–Kier alpha value is -1.71. The molecule has 0 radical (unpaired) electrons. The van der Waals surface area contributed by atoms with Crippen LogP contribution in [0.2, 0.25) is 0 Å². The van der Waals surface area contributed by atoms with E-state index < -0.39 is 5.97 Å². The molecule has 1 N–H and O–H groups in total. The van der Waals surface area contributed by atoms with Gasteiger partial charge >= 0.3 is 5.97 Å². The first-order chi connectivity index (χ1) is 8.97. The van der Waals surface area contributed by atoms with Gasteiger partial charge in [0.05, 0.1) is 7.11 Å². The van der Waals surface area contributed by atoms with Crippen LogP contribution < -0.4 is 9.64 Å². The molecular weight excluding hydrogens is 242 g/mol. The Bertz CT molecular complexity index is 443. The number of aliphatic carboxylic acids is 1. The molecule has 0 spiro atoms. The zero-order valence-electron chi connectivity index (χ0n) is 12.2. The van der Waals surface area contributed by atoms with E-state index in [2.05, 4.69) is 24.8 Å². The first-order valence-corrected chi connectivity index (χ1v) is 6.54. The highest BCUT2D eigenvalue weighted by atomic mass is 16.5. The van der Waals surface area contributed by atoms with Gasteiger partial charge in [-0.1, -0.05) is 0 Å². The summed E-state index contributed by atoms with van der Waals surface area (Å²) in [5, 5.41) is 8.61. The highest BCUT2D eigenvalue weighted by Gasteiger charge is 2.10. The Balaban J connectivity index is 2.64. The molecule has 0 heterocycles. The lowest BCUT2D eigenvalue weighted by Gasteiger charge is -2.23. The minimum atomic E-state index is -0.723. The zero-order valence-corrected chi connectivity index (χ0v) is 12.2. The number of unbranched alkanes of at least 4 members (excludes halogenated alkanes) is 1. The molecule has 19 heavy (non-hydrogen) atoms. The SMILES string of the molecule is COc1ccc(N(C)CCCCC(=O)O)c(C)c1C. The van der Waals surface area contributed by atoms with Crippen LogP contribution in [0.1, 0.15) is 30.4 Å². The molecule has 0 saturated carbocycles. The lowest BCUT2D eigenvalue weighted by molar-refractivity contribution is -0.137. The number of carbonyl (C=O) groups is 1. The van der Waals surface area contributed by atoms with E-state index in [4.69, 9.17) is 9.84 Å². The van der Waals surface area contributed by atoms with E-state index in [0.717, 1.165) is 24.3 Å². The second-order valence-electron chi connectivity index (χ2n) is 4.81. The number of ether oxygens (including phenoxy) is 1. The Morgan fingerprint density at radius 2 is 1.95 bits per heavy atom. The summed E-state index contributed by atoms with van der Waals surface area (Å²) in [7, 11) is 3.71. The largest absolute Gasteiger partial charge is 0.496 e. The standard InChI is InChI=1S/C15H23NO3/c1-11-12(2)14(19-4)9-8-13(11)16(3)10-6-5-7-15(17)18/h8-9H,5-7,10H2,1-4H3,(H,17,18). The van der Waals surface area contributed by atoms with E-state index in [0.29, 0.717) is 6.42 Å². The van der Waals surface area contributed by atoms with Gasteiger partial charge in [0, 0.05) is 25.7 Å². The highest BCUT2D eigenvalue weighted by molar-refractivity contribution is 5.66. The average Bonchev–Trinajstić information content (AvgIpc) is 2.37. The number of carboxylic acids is 1. The maximum atomic E-state index is 10.5. The van der Waals surface area contributed by atoms with Crippen LogP contribution in [0.3, 0.4) is 0 Å². The third-order valence-corrected chi connectivity index (χ3v) is 3.47. The minimum Gasteiger partial charge on any atom is -0.496 e. The van der Waals surface area contributed by atoms with Gasteiger partial charge in [-0.15, -0.1) is 0 Å². The van der Waals surface area contributed by atoms with Crippen molar-refractivity contribution < 1.29 is 14.6 Å². The molecular formula is C15H23NO3. The van der Waals surface area contributed by atoms with Gasteiger partial charge in [0.1, 0.15) is 5.75 Å². The second-order valence-corrected chi connectivity index (χ2v) is 4.81. The van der Waals surface area contributed by atoms with Crippen LogP contribution in [0.5, 0.6) is 5.75 Å². The van der Waals surface area contributed by atoms with Crippen LogP contribution in [-0.2, 0) is 4.79 Å². The monoisotopic (exact) mass is 265 g/mol. The fourth-order valence-electron chi connectivity index (χ4n) is 2.16. The molecule has 0 aliphatic heterocycles. The van der Waals surface area contributed by atoms with Crippen LogP contribution in [0.15, 0.2) is 12.1 Å². The van der Waals surface area contributed by atoms with Crippen LogP contribution in [0, 0.1) is 13.8 Å². The normalized spacial score (nSPS) is 10.3. The number of methoxy groups -OCH3 is 1. The van der Waals surface area contributed by atoms with Gasteiger partial charge in [-0.3, -0.25) is 4.79 Å². The van der Waals surface area contributed by atoms with E-state index >= 15 is 0 Å². The Labute approximate surface area is 115 Å². The summed E-state index contributed by atoms with van der Waals surface area (Å²) in [5.74, 6) is 0.180. The minimum absolute atomic E-state index is 0.245. The number of anilines is 1. The summed E-state index contributed by atoms with van der Waals surface area (Å²) in [5.41, 5.74) is 3.53. The quantitative estimate of drug-likeness (QED) is 0.770. The van der Waals surface area contributed by atoms with Gasteiger partial charge in [-0.05, 0) is 49.9 Å². The summed E-state index contributed by atoms with van der Waals surface area (Å²) in [4.78, 5) is 12.6. The van der Waals surface area contributed by atoms with Gasteiger partial charge in [0.25, 0.3) is 0 Å². The van der Waals surface area contributed by atoms with Crippen molar-refractivity contribution in [3.63, 3.8) is 0 Å². The smallest absolute Gasteiger partial charge is 0.303 e. The van der Waals surface area contributed by atoms with Crippen LogP contribution >= 0.6 is 0 Å². The Morgan fingerprint density at radius 3 is 2.53 bits per heavy atom. The molecule has 4 heteroatoms. The molecule has 0 aliphatic rings. The molecule has 106 valence electrons.